The molecule has 0 aliphatic carbocycles. The van der Waals surface area contributed by atoms with E-state index in [4.69, 9.17) is 5.14 Å². The number of benzene rings is 1. The molecule has 1 amide bonds. The molecule has 1 aliphatic rings. The monoisotopic (exact) mass is 394 g/mol. The van der Waals surface area contributed by atoms with E-state index >= 15 is 0 Å². The molecule has 0 saturated carbocycles. The second-order valence-corrected chi connectivity index (χ2v) is 7.67. The zero-order chi connectivity index (χ0) is 19.4. The van der Waals surface area contributed by atoms with Gasteiger partial charge in [-0.3, -0.25) is 9.69 Å². The SMILES string of the molecule is NS(=O)(=O)Cc1ccc(C(=O)NCC(N2CCNCC2)C(F)(F)F)cc1. The van der Waals surface area contributed by atoms with Crippen molar-refractivity contribution in [1.29, 1.82) is 0 Å². The van der Waals surface area contributed by atoms with Crippen molar-refractivity contribution in [3.8, 4) is 0 Å². The quantitative estimate of drug-likeness (QED) is 0.632. The number of nitrogens with zero attached hydrogens (tertiary/aromatic N) is 1. The lowest BCUT2D eigenvalue weighted by Gasteiger charge is -2.35. The highest BCUT2D eigenvalue weighted by Crippen LogP contribution is 2.24. The molecule has 2 rings (SSSR count). The normalized spacial score (nSPS) is 17.7. The Bertz CT molecular complexity index is 717. The van der Waals surface area contributed by atoms with Crippen LogP contribution in [-0.2, 0) is 15.8 Å². The second kappa shape index (κ2) is 8.33. The molecule has 7 nitrogen and oxygen atoms in total. The minimum Gasteiger partial charge on any atom is -0.350 e. The summed E-state index contributed by atoms with van der Waals surface area (Å²) in [5, 5.41) is 10.2. The Morgan fingerprint density at radius 1 is 1.23 bits per heavy atom. The minimum absolute atomic E-state index is 0.143. The number of piperazine rings is 1. The van der Waals surface area contributed by atoms with Gasteiger partial charge in [0.05, 0.1) is 5.75 Å². The first-order chi connectivity index (χ1) is 12.1. The Hall–Kier alpha value is -1.69. The predicted molar refractivity (Wildman–Crippen MR) is 89.9 cm³/mol. The lowest BCUT2D eigenvalue weighted by atomic mass is 10.1. The van der Waals surface area contributed by atoms with Crippen molar-refractivity contribution in [3.63, 3.8) is 0 Å². The van der Waals surface area contributed by atoms with Crippen molar-refractivity contribution in [1.82, 2.24) is 15.5 Å². The van der Waals surface area contributed by atoms with Gasteiger partial charge in [0.2, 0.25) is 10.0 Å². The molecule has 11 heteroatoms. The Balaban J connectivity index is 1.99. The molecule has 0 bridgehead atoms. The highest BCUT2D eigenvalue weighted by molar-refractivity contribution is 7.88. The largest absolute Gasteiger partial charge is 0.405 e. The third-order valence-corrected chi connectivity index (χ3v) is 4.75. The second-order valence-electron chi connectivity index (χ2n) is 6.06. The van der Waals surface area contributed by atoms with E-state index in [1.54, 1.807) is 0 Å². The number of alkyl halides is 3. The molecule has 26 heavy (non-hydrogen) atoms. The number of rotatable bonds is 6. The van der Waals surface area contributed by atoms with Crippen LogP contribution in [0.4, 0.5) is 13.2 Å². The van der Waals surface area contributed by atoms with Crippen molar-refractivity contribution < 1.29 is 26.4 Å². The van der Waals surface area contributed by atoms with Crippen LogP contribution in [0.2, 0.25) is 0 Å². The van der Waals surface area contributed by atoms with Crippen LogP contribution in [0.15, 0.2) is 24.3 Å². The van der Waals surface area contributed by atoms with E-state index in [0.29, 0.717) is 18.7 Å². The number of halogens is 3. The van der Waals surface area contributed by atoms with Gasteiger partial charge in [0.1, 0.15) is 6.04 Å². The van der Waals surface area contributed by atoms with E-state index < -0.39 is 34.7 Å². The summed E-state index contributed by atoms with van der Waals surface area (Å²) in [7, 11) is -3.70. The van der Waals surface area contributed by atoms with E-state index in [0.717, 1.165) is 0 Å². The Morgan fingerprint density at radius 2 is 1.81 bits per heavy atom. The number of hydrogen-bond acceptors (Lipinski definition) is 5. The van der Waals surface area contributed by atoms with Crippen molar-refractivity contribution in [2.24, 2.45) is 5.14 Å². The minimum atomic E-state index is -4.45. The van der Waals surface area contributed by atoms with Crippen molar-refractivity contribution in [3.05, 3.63) is 35.4 Å². The summed E-state index contributed by atoms with van der Waals surface area (Å²) in [5.41, 5.74) is 0.530. The lowest BCUT2D eigenvalue weighted by molar-refractivity contribution is -0.183. The van der Waals surface area contributed by atoms with Gasteiger partial charge in [0.15, 0.2) is 0 Å². The molecule has 1 heterocycles. The van der Waals surface area contributed by atoms with E-state index in [9.17, 15) is 26.4 Å². The van der Waals surface area contributed by atoms with Gasteiger partial charge >= 0.3 is 6.18 Å². The molecule has 0 radical (unpaired) electrons. The van der Waals surface area contributed by atoms with Gasteiger partial charge in [-0.05, 0) is 17.7 Å². The maximum atomic E-state index is 13.3. The van der Waals surface area contributed by atoms with E-state index in [-0.39, 0.29) is 24.4 Å². The molecule has 1 atom stereocenters. The summed E-state index contributed by atoms with van der Waals surface area (Å²) in [6.45, 7) is 0.879. The van der Waals surface area contributed by atoms with Gasteiger partial charge in [0.25, 0.3) is 5.91 Å². The third-order valence-electron chi connectivity index (χ3n) is 4.01. The number of sulfonamides is 1. The average Bonchev–Trinajstić information content (AvgIpc) is 2.54. The fourth-order valence-electron chi connectivity index (χ4n) is 2.72. The zero-order valence-corrected chi connectivity index (χ0v) is 14.7. The van der Waals surface area contributed by atoms with Gasteiger partial charge in [-0.25, -0.2) is 13.6 Å². The molecule has 0 spiro atoms. The smallest absolute Gasteiger partial charge is 0.350 e. The van der Waals surface area contributed by atoms with Crippen LogP contribution in [-0.4, -0.2) is 64.2 Å². The Kier molecular flexibility index (Phi) is 6.61. The first-order valence-corrected chi connectivity index (χ1v) is 9.67. The summed E-state index contributed by atoms with van der Waals surface area (Å²) in [6.07, 6.45) is -4.45. The van der Waals surface area contributed by atoms with Crippen LogP contribution < -0.4 is 15.8 Å². The molecule has 146 valence electrons. The van der Waals surface area contributed by atoms with E-state index in [1.165, 1.54) is 29.2 Å². The fraction of sp³-hybridized carbons (Fsp3) is 0.533. The average molecular weight is 394 g/mol. The summed E-state index contributed by atoms with van der Waals surface area (Å²) < 4.78 is 61.9. The molecule has 1 saturated heterocycles. The van der Waals surface area contributed by atoms with E-state index in [1.807, 2.05) is 0 Å². The maximum absolute atomic E-state index is 13.3. The van der Waals surface area contributed by atoms with Crippen LogP contribution >= 0.6 is 0 Å². The van der Waals surface area contributed by atoms with Gasteiger partial charge in [-0.1, -0.05) is 12.1 Å². The first kappa shape index (κ1) is 20.6. The number of nitrogens with two attached hydrogens (primary N) is 1. The fourth-order valence-corrected chi connectivity index (χ4v) is 3.38. The Morgan fingerprint density at radius 3 is 2.31 bits per heavy atom. The molecule has 1 aromatic carbocycles. The molecule has 4 N–H and O–H groups in total. The standard InChI is InChI=1S/C15H21F3N4O3S/c16-15(17,18)13(22-7-5-20-6-8-22)9-21-14(23)12-3-1-11(2-4-12)10-26(19,24)25/h1-4,13,20H,5-10H2,(H,21,23)(H2,19,24,25). The number of primary sulfonamides is 1. The highest BCUT2D eigenvalue weighted by Gasteiger charge is 2.43. The number of nitrogens with one attached hydrogen (secondary N) is 2. The number of carbonyl (C=O) groups is 1. The van der Waals surface area contributed by atoms with Crippen LogP contribution in [0.25, 0.3) is 0 Å². The molecular weight excluding hydrogens is 373 g/mol. The van der Waals surface area contributed by atoms with Gasteiger partial charge < -0.3 is 10.6 Å². The molecule has 1 aliphatic heterocycles. The number of amides is 1. The first-order valence-electron chi connectivity index (χ1n) is 7.95. The third kappa shape index (κ3) is 6.24. The molecule has 1 fully saturated rings. The lowest BCUT2D eigenvalue weighted by Crippen LogP contribution is -2.57. The van der Waals surface area contributed by atoms with Gasteiger partial charge in [-0.15, -0.1) is 0 Å². The predicted octanol–water partition coefficient (Wildman–Crippen LogP) is 0.0410. The molecule has 0 aromatic heterocycles. The summed E-state index contributed by atoms with van der Waals surface area (Å²) >= 11 is 0. The zero-order valence-electron chi connectivity index (χ0n) is 13.9. The number of carbonyl (C=O) groups excluding carboxylic acids is 1. The Labute approximate surface area is 149 Å². The van der Waals surface area contributed by atoms with Crippen molar-refractivity contribution in [2.45, 2.75) is 18.0 Å². The highest BCUT2D eigenvalue weighted by atomic mass is 32.2. The van der Waals surface area contributed by atoms with Crippen LogP contribution in [0.5, 0.6) is 0 Å². The van der Waals surface area contributed by atoms with Crippen LogP contribution in [0.1, 0.15) is 15.9 Å². The van der Waals surface area contributed by atoms with Gasteiger partial charge in [0, 0.05) is 38.3 Å². The molecule has 1 aromatic rings. The molecular formula is C15H21F3N4O3S. The van der Waals surface area contributed by atoms with Crippen LogP contribution in [0.3, 0.4) is 0 Å². The summed E-state index contributed by atoms with van der Waals surface area (Å²) in [6, 6.07) is 3.75. The maximum Gasteiger partial charge on any atom is 0.405 e. The van der Waals surface area contributed by atoms with Crippen molar-refractivity contribution >= 4 is 15.9 Å². The topological polar surface area (TPSA) is 105 Å². The number of hydrogen-bond donors (Lipinski definition) is 3. The molecule has 1 unspecified atom stereocenters. The summed E-state index contributed by atoms with van der Waals surface area (Å²) in [5.74, 6) is -1.04. The summed E-state index contributed by atoms with van der Waals surface area (Å²) in [4.78, 5) is 13.4. The van der Waals surface area contributed by atoms with E-state index in [2.05, 4.69) is 10.6 Å². The van der Waals surface area contributed by atoms with Crippen molar-refractivity contribution in [2.75, 3.05) is 32.7 Å². The van der Waals surface area contributed by atoms with Crippen LogP contribution in [0, 0.1) is 0 Å². The van der Waals surface area contributed by atoms with Gasteiger partial charge in [-0.2, -0.15) is 13.2 Å².